The normalized spacial score (nSPS) is 10.4. The predicted octanol–water partition coefficient (Wildman–Crippen LogP) is 1.33. The van der Waals surface area contributed by atoms with E-state index in [4.69, 9.17) is 5.11 Å². The number of hydrogen-bond donors (Lipinski definition) is 3. The first-order valence-electron chi connectivity index (χ1n) is 6.00. The number of nitrogens with zero attached hydrogens (tertiary/aromatic N) is 1. The van der Waals surface area contributed by atoms with E-state index in [0.29, 0.717) is 0 Å². The van der Waals surface area contributed by atoms with Gasteiger partial charge in [-0.05, 0) is 11.6 Å². The number of amides is 1. The summed E-state index contributed by atoms with van der Waals surface area (Å²) >= 11 is 0. The Morgan fingerprint density at radius 3 is 2.85 bits per heavy atom. The van der Waals surface area contributed by atoms with E-state index in [1.165, 1.54) is 5.01 Å². The molecular weight excluding hydrogens is 262 g/mol. The number of nitrogens with one attached hydrogen (secondary N) is 2. The van der Waals surface area contributed by atoms with Crippen molar-refractivity contribution in [2.45, 2.75) is 6.54 Å². The first-order valence-corrected chi connectivity index (χ1v) is 6.00. The Morgan fingerprint density at radius 1 is 1.40 bits per heavy atom. The second-order valence-electron chi connectivity index (χ2n) is 4.12. The SMILES string of the molecule is CNN(Cc1c[nH]c2ccccc12)C(=O)OCC(=O)O. The van der Waals surface area contributed by atoms with Gasteiger partial charge in [0.25, 0.3) is 0 Å². The molecule has 0 fully saturated rings. The van der Waals surface area contributed by atoms with Crippen LogP contribution in [0, 0.1) is 0 Å². The number of aromatic amines is 1. The Bertz CT molecular complexity index is 623. The quantitative estimate of drug-likeness (QED) is 0.717. The maximum atomic E-state index is 11.7. The topological polar surface area (TPSA) is 94.7 Å². The first kappa shape index (κ1) is 13.9. The number of benzene rings is 1. The van der Waals surface area contributed by atoms with Crippen LogP contribution in [0.25, 0.3) is 10.9 Å². The van der Waals surface area contributed by atoms with E-state index in [-0.39, 0.29) is 6.54 Å². The third-order valence-corrected chi connectivity index (χ3v) is 2.81. The van der Waals surface area contributed by atoms with Gasteiger partial charge < -0.3 is 14.8 Å². The molecule has 3 N–H and O–H groups in total. The third kappa shape index (κ3) is 3.07. The van der Waals surface area contributed by atoms with E-state index in [0.717, 1.165) is 16.5 Å². The Labute approximate surface area is 115 Å². The molecule has 1 aromatic carbocycles. The minimum absolute atomic E-state index is 0.263. The minimum Gasteiger partial charge on any atom is -0.479 e. The van der Waals surface area contributed by atoms with E-state index < -0.39 is 18.7 Å². The highest BCUT2D eigenvalue weighted by Gasteiger charge is 2.16. The lowest BCUT2D eigenvalue weighted by Gasteiger charge is -2.19. The second-order valence-corrected chi connectivity index (χ2v) is 4.12. The lowest BCUT2D eigenvalue weighted by atomic mass is 10.2. The summed E-state index contributed by atoms with van der Waals surface area (Å²) in [5.41, 5.74) is 4.56. The molecule has 20 heavy (non-hydrogen) atoms. The monoisotopic (exact) mass is 277 g/mol. The first-order chi connectivity index (χ1) is 9.61. The molecule has 0 aliphatic heterocycles. The Hall–Kier alpha value is -2.54. The highest BCUT2D eigenvalue weighted by atomic mass is 16.6. The molecule has 2 rings (SSSR count). The average molecular weight is 277 g/mol. The minimum atomic E-state index is -1.19. The molecule has 7 heteroatoms. The highest BCUT2D eigenvalue weighted by molar-refractivity contribution is 5.83. The van der Waals surface area contributed by atoms with Gasteiger partial charge in [0.05, 0.1) is 6.54 Å². The fraction of sp³-hybridized carbons (Fsp3) is 0.231. The molecule has 2 aromatic rings. The van der Waals surface area contributed by atoms with Crippen LogP contribution in [0.5, 0.6) is 0 Å². The number of hydrogen-bond acceptors (Lipinski definition) is 4. The number of para-hydroxylation sites is 1. The van der Waals surface area contributed by atoms with Crippen molar-refractivity contribution in [1.82, 2.24) is 15.4 Å². The molecule has 1 heterocycles. The van der Waals surface area contributed by atoms with Gasteiger partial charge in [-0.25, -0.2) is 20.0 Å². The zero-order valence-electron chi connectivity index (χ0n) is 10.9. The van der Waals surface area contributed by atoms with Gasteiger partial charge in [0.2, 0.25) is 0 Å². The van der Waals surface area contributed by atoms with Gasteiger partial charge in [0, 0.05) is 24.1 Å². The van der Waals surface area contributed by atoms with Crippen LogP contribution in [0.15, 0.2) is 30.5 Å². The zero-order valence-corrected chi connectivity index (χ0v) is 10.9. The summed E-state index contributed by atoms with van der Waals surface area (Å²) in [7, 11) is 1.57. The molecule has 1 amide bonds. The Balaban J connectivity index is 2.09. The van der Waals surface area contributed by atoms with Crippen LogP contribution in [0.1, 0.15) is 5.56 Å². The average Bonchev–Trinajstić information content (AvgIpc) is 2.85. The molecule has 7 nitrogen and oxygen atoms in total. The van der Waals surface area contributed by atoms with Crippen LogP contribution in [-0.2, 0) is 16.1 Å². The summed E-state index contributed by atoms with van der Waals surface area (Å²) in [5, 5.41) is 10.7. The zero-order chi connectivity index (χ0) is 14.5. The molecule has 0 aliphatic rings. The van der Waals surface area contributed by atoms with E-state index in [1.807, 2.05) is 24.3 Å². The summed E-state index contributed by atoms with van der Waals surface area (Å²) in [6.45, 7) is -0.399. The van der Waals surface area contributed by atoms with Crippen molar-refractivity contribution in [2.75, 3.05) is 13.7 Å². The lowest BCUT2D eigenvalue weighted by molar-refractivity contribution is -0.140. The predicted molar refractivity (Wildman–Crippen MR) is 71.9 cm³/mol. The maximum Gasteiger partial charge on any atom is 0.425 e. The molecule has 1 aromatic heterocycles. The lowest BCUT2D eigenvalue weighted by Crippen LogP contribution is -2.40. The van der Waals surface area contributed by atoms with Crippen LogP contribution in [0.3, 0.4) is 0 Å². The van der Waals surface area contributed by atoms with Crippen molar-refractivity contribution >= 4 is 23.0 Å². The van der Waals surface area contributed by atoms with Crippen molar-refractivity contribution in [1.29, 1.82) is 0 Å². The fourth-order valence-corrected chi connectivity index (χ4v) is 1.87. The summed E-state index contributed by atoms with van der Waals surface area (Å²) in [4.78, 5) is 25.2. The summed E-state index contributed by atoms with van der Waals surface area (Å²) in [6.07, 6.45) is 1.07. The molecule has 0 aliphatic carbocycles. The number of hydrazine groups is 1. The summed E-state index contributed by atoms with van der Waals surface area (Å²) in [6, 6.07) is 7.70. The molecule has 106 valence electrons. The van der Waals surface area contributed by atoms with Crippen LogP contribution in [0.2, 0.25) is 0 Å². The van der Waals surface area contributed by atoms with E-state index in [1.54, 1.807) is 13.2 Å². The van der Waals surface area contributed by atoms with Crippen molar-refractivity contribution in [3.05, 3.63) is 36.0 Å². The van der Waals surface area contributed by atoms with Crippen molar-refractivity contribution in [3.63, 3.8) is 0 Å². The third-order valence-electron chi connectivity index (χ3n) is 2.81. The number of carbonyl (C=O) groups excluding carboxylic acids is 1. The number of carboxylic acids is 1. The number of carbonyl (C=O) groups is 2. The molecule has 0 atom stereocenters. The smallest absolute Gasteiger partial charge is 0.425 e. The van der Waals surface area contributed by atoms with Gasteiger partial charge in [-0.15, -0.1) is 0 Å². The standard InChI is InChI=1S/C13H15N3O4/c1-14-16(13(19)20-8-12(17)18)7-9-6-15-11-5-3-2-4-10(9)11/h2-6,14-15H,7-8H2,1H3,(H,17,18). The van der Waals surface area contributed by atoms with Gasteiger partial charge in [0.15, 0.2) is 6.61 Å². The molecule has 0 unspecified atom stereocenters. The van der Waals surface area contributed by atoms with E-state index in [2.05, 4.69) is 15.1 Å². The van der Waals surface area contributed by atoms with E-state index in [9.17, 15) is 9.59 Å². The van der Waals surface area contributed by atoms with Crippen molar-refractivity contribution in [2.24, 2.45) is 0 Å². The summed E-state index contributed by atoms with van der Waals surface area (Å²) < 4.78 is 4.63. The molecule has 0 radical (unpaired) electrons. The summed E-state index contributed by atoms with van der Waals surface area (Å²) in [5.74, 6) is -1.19. The van der Waals surface area contributed by atoms with Gasteiger partial charge in [0.1, 0.15) is 0 Å². The Morgan fingerprint density at radius 2 is 2.15 bits per heavy atom. The highest BCUT2D eigenvalue weighted by Crippen LogP contribution is 2.18. The van der Waals surface area contributed by atoms with Crippen LogP contribution >= 0.6 is 0 Å². The second kappa shape index (κ2) is 6.07. The Kier molecular flexibility index (Phi) is 4.21. The van der Waals surface area contributed by atoms with Gasteiger partial charge >= 0.3 is 12.1 Å². The van der Waals surface area contributed by atoms with Gasteiger partial charge in [-0.3, -0.25) is 0 Å². The molecule has 0 spiro atoms. The number of aliphatic carboxylic acids is 1. The number of aromatic nitrogens is 1. The van der Waals surface area contributed by atoms with Crippen LogP contribution < -0.4 is 5.43 Å². The van der Waals surface area contributed by atoms with Gasteiger partial charge in [-0.2, -0.15) is 0 Å². The fourth-order valence-electron chi connectivity index (χ4n) is 1.87. The number of H-pyrrole nitrogens is 1. The van der Waals surface area contributed by atoms with Crippen molar-refractivity contribution in [3.8, 4) is 0 Å². The largest absolute Gasteiger partial charge is 0.479 e. The van der Waals surface area contributed by atoms with Crippen molar-refractivity contribution < 1.29 is 19.4 Å². The molecule has 0 saturated carbocycles. The number of carboxylic acid groups (broad SMARTS) is 1. The maximum absolute atomic E-state index is 11.7. The van der Waals surface area contributed by atoms with Crippen LogP contribution in [-0.4, -0.2) is 40.8 Å². The van der Waals surface area contributed by atoms with E-state index >= 15 is 0 Å². The molecule has 0 saturated heterocycles. The van der Waals surface area contributed by atoms with Crippen LogP contribution in [0.4, 0.5) is 4.79 Å². The molecule has 0 bridgehead atoms. The number of fused-ring (bicyclic) bond motifs is 1. The number of rotatable bonds is 5. The number of ether oxygens (including phenoxy) is 1. The van der Waals surface area contributed by atoms with Gasteiger partial charge in [-0.1, -0.05) is 18.2 Å². The molecular formula is C13H15N3O4.